The van der Waals surface area contributed by atoms with Crippen LogP contribution in [0, 0.1) is 16.7 Å². The lowest BCUT2D eigenvalue weighted by molar-refractivity contribution is 0.249. The first-order valence-electron chi connectivity index (χ1n) is 16.0. The summed E-state index contributed by atoms with van der Waals surface area (Å²) in [5.41, 5.74) is 6.60. The van der Waals surface area contributed by atoms with Crippen molar-refractivity contribution in [1.29, 1.82) is 10.7 Å². The molecule has 0 saturated carbocycles. The van der Waals surface area contributed by atoms with Crippen molar-refractivity contribution in [2.45, 2.75) is 45.6 Å². The van der Waals surface area contributed by atoms with Crippen molar-refractivity contribution in [1.82, 2.24) is 15.2 Å². The van der Waals surface area contributed by atoms with Crippen molar-refractivity contribution < 1.29 is 14.6 Å². The second kappa shape index (κ2) is 17.4. The quantitative estimate of drug-likeness (QED) is 0.0895. The van der Waals surface area contributed by atoms with E-state index in [1.807, 2.05) is 43.3 Å². The van der Waals surface area contributed by atoms with Crippen LogP contribution in [0.25, 0.3) is 11.1 Å². The Morgan fingerprint density at radius 2 is 1.83 bits per heavy atom. The molecule has 1 saturated heterocycles. The van der Waals surface area contributed by atoms with Gasteiger partial charge in [-0.25, -0.2) is 0 Å². The van der Waals surface area contributed by atoms with Gasteiger partial charge < -0.3 is 35.5 Å². The summed E-state index contributed by atoms with van der Waals surface area (Å²) in [4.78, 5) is 6.59. The van der Waals surface area contributed by atoms with Gasteiger partial charge in [0.25, 0.3) is 0 Å². The zero-order chi connectivity index (χ0) is 33.9. The van der Waals surface area contributed by atoms with Crippen LogP contribution in [0.4, 0.5) is 5.69 Å². The summed E-state index contributed by atoms with van der Waals surface area (Å²) in [5, 5.41) is 34.2. The van der Waals surface area contributed by atoms with Crippen molar-refractivity contribution in [2.24, 2.45) is 0 Å². The predicted octanol–water partition coefficient (Wildman–Crippen LogP) is 7.17. The molecule has 11 heteroatoms. The van der Waals surface area contributed by atoms with E-state index in [0.717, 1.165) is 69.7 Å². The maximum absolute atomic E-state index is 9.50. The van der Waals surface area contributed by atoms with Gasteiger partial charge >= 0.3 is 0 Å². The van der Waals surface area contributed by atoms with Crippen molar-refractivity contribution in [3.63, 3.8) is 0 Å². The summed E-state index contributed by atoms with van der Waals surface area (Å²) in [6.45, 7) is 6.84. The van der Waals surface area contributed by atoms with Crippen LogP contribution in [-0.4, -0.2) is 60.0 Å². The number of hydrogen-bond donors (Lipinski definition) is 4. The van der Waals surface area contributed by atoms with Gasteiger partial charge in [-0.3, -0.25) is 4.98 Å². The number of anilines is 1. The molecule has 0 aliphatic carbocycles. The lowest BCUT2D eigenvalue weighted by atomic mass is 9.97. The molecule has 0 spiro atoms. The van der Waals surface area contributed by atoms with Gasteiger partial charge in [0.05, 0.1) is 17.2 Å². The summed E-state index contributed by atoms with van der Waals surface area (Å²) < 4.78 is 13.4. The number of rotatable bonds is 16. The minimum Gasteiger partial charge on any atom is -0.488 e. The Balaban J connectivity index is 1.34. The fraction of sp³-hybridized carbons (Fsp3) is 0.324. The number of hydrogen-bond acceptors (Lipinski definition) is 9. The zero-order valence-electron chi connectivity index (χ0n) is 26.9. The highest BCUT2D eigenvalue weighted by Gasteiger charge is 2.17. The fourth-order valence-corrected chi connectivity index (χ4v) is 6.45. The number of ether oxygens (including phenoxy) is 2. The van der Waals surface area contributed by atoms with Gasteiger partial charge in [0, 0.05) is 82.8 Å². The Morgan fingerprint density at radius 1 is 1.06 bits per heavy atom. The number of aliphatic hydroxyl groups excluding tert-OH is 1. The smallest absolute Gasteiger partial charge is 0.142 e. The molecule has 4 aromatic rings. The van der Waals surface area contributed by atoms with E-state index in [-0.39, 0.29) is 25.9 Å². The predicted molar refractivity (Wildman–Crippen MR) is 194 cm³/mol. The Kier molecular flexibility index (Phi) is 12.8. The van der Waals surface area contributed by atoms with Gasteiger partial charge in [0.2, 0.25) is 0 Å². The lowest BCUT2D eigenvalue weighted by Crippen LogP contribution is -2.28. The van der Waals surface area contributed by atoms with E-state index in [0.29, 0.717) is 28.6 Å². The SMILES string of the molecule is CC(CO)NCc1cc(Cl)c(OCc2cccc(-c3cccc(NCCN4CCCC4)c3C=N)c2Br)cc1OCc1cncc(C#N)c1. The van der Waals surface area contributed by atoms with Gasteiger partial charge in [-0.2, -0.15) is 5.26 Å². The molecule has 3 aromatic carbocycles. The topological polar surface area (TPSA) is 127 Å². The Labute approximate surface area is 295 Å². The number of aliphatic hydroxyl groups is 1. The molecule has 5 rings (SSSR count). The van der Waals surface area contributed by atoms with E-state index in [9.17, 15) is 10.4 Å². The van der Waals surface area contributed by atoms with Crippen molar-refractivity contribution in [3.8, 4) is 28.7 Å². The minimum absolute atomic E-state index is 0.00740. The third-order valence-electron chi connectivity index (χ3n) is 8.29. The molecule has 1 unspecified atom stereocenters. The van der Waals surface area contributed by atoms with Crippen LogP contribution >= 0.6 is 27.5 Å². The molecule has 1 fully saturated rings. The molecule has 0 bridgehead atoms. The van der Waals surface area contributed by atoms with Crippen LogP contribution in [0.5, 0.6) is 11.5 Å². The van der Waals surface area contributed by atoms with Crippen LogP contribution in [0.3, 0.4) is 0 Å². The number of pyridine rings is 1. The van der Waals surface area contributed by atoms with Crippen molar-refractivity contribution in [2.75, 3.05) is 38.1 Å². The maximum Gasteiger partial charge on any atom is 0.142 e. The van der Waals surface area contributed by atoms with Gasteiger partial charge in [0.15, 0.2) is 0 Å². The highest BCUT2D eigenvalue weighted by molar-refractivity contribution is 9.10. The Hall–Kier alpha value is -3.98. The fourth-order valence-electron chi connectivity index (χ4n) is 5.62. The molecular formula is C37H40BrClN6O3. The molecule has 2 heterocycles. The highest BCUT2D eigenvalue weighted by Crippen LogP contribution is 2.38. The maximum atomic E-state index is 9.50. The number of halogens is 2. The number of likely N-dealkylation sites (tertiary alicyclic amines) is 1. The first-order chi connectivity index (χ1) is 23.4. The summed E-state index contributed by atoms with van der Waals surface area (Å²) >= 11 is 10.6. The van der Waals surface area contributed by atoms with E-state index in [2.05, 4.69) is 42.5 Å². The molecule has 4 N–H and O–H groups in total. The molecule has 1 aliphatic rings. The molecule has 1 aromatic heterocycles. The molecule has 1 atom stereocenters. The zero-order valence-corrected chi connectivity index (χ0v) is 29.3. The normalized spacial score (nSPS) is 13.6. The number of nitriles is 1. The Morgan fingerprint density at radius 3 is 2.60 bits per heavy atom. The van der Waals surface area contributed by atoms with Crippen LogP contribution in [0.2, 0.25) is 5.02 Å². The molecular weight excluding hydrogens is 692 g/mol. The van der Waals surface area contributed by atoms with Crippen LogP contribution in [0.1, 0.15) is 47.6 Å². The summed E-state index contributed by atoms with van der Waals surface area (Å²) in [7, 11) is 0. The molecule has 0 amide bonds. The molecule has 48 heavy (non-hydrogen) atoms. The lowest BCUT2D eigenvalue weighted by Gasteiger charge is -2.19. The summed E-state index contributed by atoms with van der Waals surface area (Å²) in [6.07, 6.45) is 7.11. The van der Waals surface area contributed by atoms with Gasteiger partial charge in [-0.05, 0) is 78.1 Å². The number of nitrogens with one attached hydrogen (secondary N) is 3. The monoisotopic (exact) mass is 730 g/mol. The Bertz CT molecular complexity index is 1760. The van der Waals surface area contributed by atoms with Crippen LogP contribution < -0.4 is 20.1 Å². The minimum atomic E-state index is -0.117. The van der Waals surface area contributed by atoms with Gasteiger partial charge in [-0.1, -0.05) is 41.9 Å². The first-order valence-corrected chi connectivity index (χ1v) is 17.2. The van der Waals surface area contributed by atoms with E-state index in [1.165, 1.54) is 25.3 Å². The average Bonchev–Trinajstić information content (AvgIpc) is 3.63. The molecule has 0 radical (unpaired) electrons. The second-order valence-electron chi connectivity index (χ2n) is 11.8. The summed E-state index contributed by atoms with van der Waals surface area (Å²) in [5.74, 6) is 1.02. The average molecular weight is 732 g/mol. The number of nitrogens with zero attached hydrogens (tertiary/aromatic N) is 3. The third-order valence-corrected chi connectivity index (χ3v) is 9.52. The number of aromatic nitrogens is 1. The standard InChI is InChI=1S/C37H40BrClN6O3/c1-25(22-46)44-21-29-15-33(39)36(16-35(29)47-23-27-14-26(17-40)19-42-20-27)48-24-28-6-4-8-31(37(28)38)30-7-5-9-34(32(30)18-41)43-10-13-45-11-2-3-12-45/h4-9,14-16,18-20,25,41,43-44,46H,2-3,10-13,21-24H2,1H3. The second-order valence-corrected chi connectivity index (χ2v) is 13.0. The molecule has 250 valence electrons. The first kappa shape index (κ1) is 35.3. The summed E-state index contributed by atoms with van der Waals surface area (Å²) in [6, 6.07) is 19.4. The van der Waals surface area contributed by atoms with Crippen LogP contribution in [0.15, 0.2) is 71.5 Å². The van der Waals surface area contributed by atoms with Gasteiger partial charge in [0.1, 0.15) is 30.8 Å². The van der Waals surface area contributed by atoms with Gasteiger partial charge in [-0.15, -0.1) is 0 Å². The van der Waals surface area contributed by atoms with Crippen LogP contribution in [-0.2, 0) is 19.8 Å². The van der Waals surface area contributed by atoms with E-state index in [4.69, 9.17) is 26.5 Å². The third kappa shape index (κ3) is 9.13. The molecule has 9 nitrogen and oxygen atoms in total. The van der Waals surface area contributed by atoms with E-state index >= 15 is 0 Å². The van der Waals surface area contributed by atoms with E-state index < -0.39 is 0 Å². The molecule has 1 aliphatic heterocycles. The van der Waals surface area contributed by atoms with Crippen molar-refractivity contribution >= 4 is 39.4 Å². The number of benzene rings is 3. The van der Waals surface area contributed by atoms with E-state index in [1.54, 1.807) is 24.4 Å². The largest absolute Gasteiger partial charge is 0.488 e. The van der Waals surface area contributed by atoms with Crippen molar-refractivity contribution in [3.05, 3.63) is 104 Å². The highest BCUT2D eigenvalue weighted by atomic mass is 79.9.